The summed E-state index contributed by atoms with van der Waals surface area (Å²) < 4.78 is 31.8. The molecule has 10 heteroatoms. The molecule has 0 atom stereocenters. The molecular formula is C3H8NaO7PS. The minimum atomic E-state index is -4.64. The van der Waals surface area contributed by atoms with Gasteiger partial charge in [0.05, 0.1) is 11.0 Å². The van der Waals surface area contributed by atoms with Crippen molar-refractivity contribution in [3.63, 3.8) is 0 Å². The summed E-state index contributed by atoms with van der Waals surface area (Å²) in [4.78, 5) is 21.6. The molecule has 0 aliphatic rings. The molecule has 0 spiro atoms. The molecule has 0 aromatic carbocycles. The maximum atomic E-state index is 9.49. The van der Waals surface area contributed by atoms with Crippen LogP contribution in [-0.4, -0.2) is 21.3 Å². The van der Waals surface area contributed by atoms with Crippen molar-refractivity contribution in [2.45, 2.75) is 0 Å². The van der Waals surface area contributed by atoms with Crippen molar-refractivity contribution in [3.8, 4) is 0 Å². The molecule has 0 aromatic rings. The van der Waals surface area contributed by atoms with Gasteiger partial charge >= 0.3 is 37.4 Å². The Balaban J connectivity index is -0.000000150. The first-order valence-electron chi connectivity index (χ1n) is 2.39. The Bertz CT molecular complexity index is 216. The average Bonchev–Trinajstić information content (AvgIpc) is 1.79. The van der Waals surface area contributed by atoms with E-state index in [9.17, 15) is 8.42 Å². The zero-order chi connectivity index (χ0) is 10.2. The van der Waals surface area contributed by atoms with Gasteiger partial charge in [-0.05, 0) is 0 Å². The largest absolute Gasteiger partial charge is 1.00 e. The van der Waals surface area contributed by atoms with Gasteiger partial charge in [-0.25, -0.2) is 4.57 Å². The van der Waals surface area contributed by atoms with Crippen molar-refractivity contribution < 1.29 is 61.4 Å². The first-order valence-corrected chi connectivity index (χ1v) is 4.95. The minimum Gasteiger partial charge on any atom is -0.421 e. The van der Waals surface area contributed by atoms with Gasteiger partial charge in [0.2, 0.25) is 0 Å². The summed E-state index contributed by atoms with van der Waals surface area (Å²) in [5.41, 5.74) is 0. The smallest absolute Gasteiger partial charge is 0.421 e. The van der Waals surface area contributed by atoms with Gasteiger partial charge in [-0.1, -0.05) is 6.08 Å². The predicted molar refractivity (Wildman–Crippen MR) is 39.1 cm³/mol. The Morgan fingerprint density at radius 3 is 1.77 bits per heavy atom. The monoisotopic (exact) mass is 242 g/mol. The van der Waals surface area contributed by atoms with Crippen LogP contribution in [0.2, 0.25) is 0 Å². The van der Waals surface area contributed by atoms with Crippen LogP contribution in [0.25, 0.3) is 0 Å². The van der Waals surface area contributed by atoms with Crippen molar-refractivity contribution >= 4 is 18.8 Å². The van der Waals surface area contributed by atoms with Crippen LogP contribution in [0.1, 0.15) is 0 Å². The Morgan fingerprint density at radius 1 is 1.38 bits per heavy atom. The van der Waals surface area contributed by atoms with Crippen LogP contribution in [0.5, 0.6) is 0 Å². The number of hydrogen-bond donors (Lipinski definition) is 3. The molecule has 0 amide bonds. The van der Waals surface area contributed by atoms with Crippen LogP contribution >= 0.6 is 7.82 Å². The van der Waals surface area contributed by atoms with E-state index >= 15 is 0 Å². The second kappa shape index (κ2) is 10.8. The van der Waals surface area contributed by atoms with Crippen molar-refractivity contribution in [1.82, 2.24) is 0 Å². The first kappa shape index (κ1) is 19.4. The number of hydrogen-bond acceptors (Lipinski definition) is 5. The second-order valence-electron chi connectivity index (χ2n) is 1.29. The molecule has 74 valence electrons. The van der Waals surface area contributed by atoms with Crippen LogP contribution in [0.4, 0.5) is 0 Å². The van der Waals surface area contributed by atoms with E-state index in [1.165, 1.54) is 6.08 Å². The summed E-state index contributed by atoms with van der Waals surface area (Å²) in [6.07, 6.45) is 1.36. The fourth-order valence-electron chi connectivity index (χ4n) is 0.104. The van der Waals surface area contributed by atoms with Crippen molar-refractivity contribution in [2.75, 3.05) is 6.61 Å². The van der Waals surface area contributed by atoms with Gasteiger partial charge in [0.1, 0.15) is 0 Å². The van der Waals surface area contributed by atoms with E-state index in [0.717, 1.165) is 0 Å². The molecule has 0 bridgehead atoms. The molecule has 0 saturated carbocycles. The molecule has 0 rings (SSSR count). The maximum Gasteiger partial charge on any atom is 1.00 e. The normalized spacial score (nSPS) is 9.54. The summed E-state index contributed by atoms with van der Waals surface area (Å²) in [5, 5.41) is 0. The van der Waals surface area contributed by atoms with Gasteiger partial charge in [-0.15, -0.1) is 6.58 Å². The maximum absolute atomic E-state index is 9.49. The van der Waals surface area contributed by atoms with Crippen molar-refractivity contribution in [1.29, 1.82) is 0 Å². The third-order valence-corrected chi connectivity index (χ3v) is 0.611. The molecule has 0 aliphatic heterocycles. The molecular weight excluding hydrogens is 234 g/mol. The fraction of sp³-hybridized carbons (Fsp3) is 0.333. The molecule has 0 aromatic heterocycles. The minimum absolute atomic E-state index is 0. The summed E-state index contributed by atoms with van der Waals surface area (Å²) in [6.45, 7) is 3.29. The van der Waals surface area contributed by atoms with Crippen LogP contribution in [0.15, 0.2) is 12.7 Å². The molecule has 7 nitrogen and oxygen atoms in total. The summed E-state index contributed by atoms with van der Waals surface area (Å²) >= 11 is 0. The summed E-state index contributed by atoms with van der Waals surface area (Å²) in [5.74, 6) is 0. The Morgan fingerprint density at radius 2 is 1.69 bits per heavy atom. The SMILES string of the molecule is C=CCO[S-](=O)=O.O=P(O)(O)O.[Na+]. The van der Waals surface area contributed by atoms with E-state index in [-0.39, 0.29) is 36.2 Å². The van der Waals surface area contributed by atoms with E-state index in [1.54, 1.807) is 0 Å². The molecule has 0 saturated heterocycles. The van der Waals surface area contributed by atoms with Crippen LogP contribution in [0.3, 0.4) is 0 Å². The fourth-order valence-corrected chi connectivity index (χ4v) is 0.311. The zero-order valence-corrected chi connectivity index (χ0v) is 10.5. The second-order valence-corrected chi connectivity index (χ2v) is 2.96. The van der Waals surface area contributed by atoms with E-state index in [0.29, 0.717) is 0 Å². The number of rotatable bonds is 3. The predicted octanol–water partition coefficient (Wildman–Crippen LogP) is -3.51. The molecule has 13 heavy (non-hydrogen) atoms. The summed E-state index contributed by atoms with van der Waals surface area (Å²) in [7, 11) is -7.03. The Hall–Kier alpha value is 0.760. The third-order valence-electron chi connectivity index (χ3n) is 0.282. The van der Waals surface area contributed by atoms with Gasteiger partial charge in [0.25, 0.3) is 0 Å². The van der Waals surface area contributed by atoms with Crippen LogP contribution < -0.4 is 29.6 Å². The van der Waals surface area contributed by atoms with Crippen molar-refractivity contribution in [2.24, 2.45) is 0 Å². The molecule has 0 fully saturated rings. The van der Waals surface area contributed by atoms with Crippen molar-refractivity contribution in [3.05, 3.63) is 12.7 Å². The van der Waals surface area contributed by atoms with Gasteiger partial charge < -0.3 is 27.3 Å². The van der Waals surface area contributed by atoms with Gasteiger partial charge in [-0.2, -0.15) is 0 Å². The third kappa shape index (κ3) is 65.2. The van der Waals surface area contributed by atoms with Gasteiger partial charge in [-0.3, -0.25) is 0 Å². The average molecular weight is 242 g/mol. The van der Waals surface area contributed by atoms with Gasteiger partial charge in [0, 0.05) is 6.61 Å². The molecule has 0 unspecified atom stereocenters. The van der Waals surface area contributed by atoms with E-state index in [1.807, 2.05) is 0 Å². The van der Waals surface area contributed by atoms with Crippen LogP contribution in [-0.2, 0) is 28.2 Å². The number of phosphoric acid groups is 1. The zero-order valence-electron chi connectivity index (χ0n) is 6.82. The first-order chi connectivity index (χ1) is 5.27. The quantitative estimate of drug-likeness (QED) is 0.203. The topological polar surface area (TPSA) is 121 Å². The molecule has 0 aliphatic carbocycles. The van der Waals surface area contributed by atoms with E-state index in [2.05, 4.69) is 10.8 Å². The molecule has 0 radical (unpaired) electrons. The van der Waals surface area contributed by atoms with E-state index < -0.39 is 18.8 Å². The summed E-state index contributed by atoms with van der Waals surface area (Å²) in [6, 6.07) is 0. The Kier molecular flexibility index (Phi) is 16.1. The molecule has 0 heterocycles. The molecule has 3 N–H and O–H groups in total. The standard InChI is InChI=1S/C3H5O3S.Na.H3O4P/c1-2-3-6-7(4)5;;1-5(2,3)4/h2H,1,3H2;;(H3,1,2,3,4)/q-1;+1;. The van der Waals surface area contributed by atoms with Crippen LogP contribution in [0, 0.1) is 0 Å². The van der Waals surface area contributed by atoms with Gasteiger partial charge in [0.15, 0.2) is 0 Å². The van der Waals surface area contributed by atoms with E-state index in [4.69, 9.17) is 19.2 Å². The Labute approximate surface area is 99.1 Å².